The lowest BCUT2D eigenvalue weighted by Crippen LogP contribution is -2.24. The Kier molecular flexibility index (Phi) is 6.60. The summed E-state index contributed by atoms with van der Waals surface area (Å²) in [6.45, 7) is 0.912. The Labute approximate surface area is 108 Å². The first-order valence-electron chi connectivity index (χ1n) is 6.23. The molecule has 0 aromatic heterocycles. The van der Waals surface area contributed by atoms with E-state index in [2.05, 4.69) is 11.2 Å². The van der Waals surface area contributed by atoms with Crippen molar-refractivity contribution in [3.05, 3.63) is 35.4 Å². The topological polar surface area (TPSA) is 49.3 Å². The van der Waals surface area contributed by atoms with Gasteiger partial charge in [-0.15, -0.1) is 6.42 Å². The predicted octanol–water partition coefficient (Wildman–Crippen LogP) is 1.95. The van der Waals surface area contributed by atoms with Crippen LogP contribution in [0.15, 0.2) is 24.3 Å². The van der Waals surface area contributed by atoms with Crippen LogP contribution in [0.3, 0.4) is 0 Å². The summed E-state index contributed by atoms with van der Waals surface area (Å²) in [6.07, 6.45) is 9.05. The Morgan fingerprint density at radius 1 is 1.17 bits per heavy atom. The monoisotopic (exact) mass is 245 g/mol. The highest BCUT2D eigenvalue weighted by Crippen LogP contribution is 2.03. The van der Waals surface area contributed by atoms with Gasteiger partial charge in [-0.1, -0.05) is 18.8 Å². The number of nitrogens with one attached hydrogen (secondary N) is 1. The molecule has 18 heavy (non-hydrogen) atoms. The van der Waals surface area contributed by atoms with E-state index in [0.717, 1.165) is 31.2 Å². The van der Waals surface area contributed by atoms with Crippen molar-refractivity contribution in [2.24, 2.45) is 0 Å². The second-order valence-electron chi connectivity index (χ2n) is 4.12. The lowest BCUT2D eigenvalue weighted by molar-refractivity contribution is 0.0953. The molecule has 0 fully saturated rings. The van der Waals surface area contributed by atoms with Crippen molar-refractivity contribution in [2.75, 3.05) is 13.2 Å². The van der Waals surface area contributed by atoms with Crippen LogP contribution < -0.4 is 5.32 Å². The first-order chi connectivity index (χ1) is 8.77. The zero-order valence-electron chi connectivity index (χ0n) is 10.5. The van der Waals surface area contributed by atoms with E-state index in [1.165, 1.54) is 0 Å². The number of carbonyl (C=O) groups excluding carboxylic acids is 1. The van der Waals surface area contributed by atoms with E-state index in [0.29, 0.717) is 12.1 Å². The number of hydrogen-bond acceptors (Lipinski definition) is 2. The van der Waals surface area contributed by atoms with Gasteiger partial charge in [0.05, 0.1) is 0 Å². The fraction of sp³-hybridized carbons (Fsp3) is 0.400. The van der Waals surface area contributed by atoms with Gasteiger partial charge in [0.1, 0.15) is 0 Å². The summed E-state index contributed by atoms with van der Waals surface area (Å²) in [4.78, 5) is 11.7. The molecule has 1 amide bonds. The van der Waals surface area contributed by atoms with Crippen molar-refractivity contribution in [3.63, 3.8) is 0 Å². The molecule has 1 rings (SSSR count). The largest absolute Gasteiger partial charge is 0.396 e. The van der Waals surface area contributed by atoms with Crippen LogP contribution in [0, 0.1) is 12.3 Å². The number of aliphatic hydroxyl groups excluding tert-OH is 1. The third-order valence-corrected chi connectivity index (χ3v) is 2.68. The number of hydrogen-bond donors (Lipinski definition) is 2. The van der Waals surface area contributed by atoms with Gasteiger partial charge in [0, 0.05) is 24.3 Å². The SMILES string of the molecule is C#Cc1ccc(C(=O)NCCCCCCO)cc1. The molecular weight excluding hydrogens is 226 g/mol. The average molecular weight is 245 g/mol. The predicted molar refractivity (Wildman–Crippen MR) is 72.3 cm³/mol. The van der Waals surface area contributed by atoms with Crippen LogP contribution in [0.1, 0.15) is 41.6 Å². The molecule has 2 N–H and O–H groups in total. The van der Waals surface area contributed by atoms with Crippen molar-refractivity contribution < 1.29 is 9.90 Å². The van der Waals surface area contributed by atoms with Crippen LogP contribution in [0.4, 0.5) is 0 Å². The van der Waals surface area contributed by atoms with Crippen molar-refractivity contribution in [2.45, 2.75) is 25.7 Å². The van der Waals surface area contributed by atoms with E-state index < -0.39 is 0 Å². The Balaban J connectivity index is 2.26. The summed E-state index contributed by atoms with van der Waals surface area (Å²) in [5, 5.41) is 11.5. The van der Waals surface area contributed by atoms with Gasteiger partial charge in [0.2, 0.25) is 0 Å². The van der Waals surface area contributed by atoms with Gasteiger partial charge in [-0.3, -0.25) is 4.79 Å². The van der Waals surface area contributed by atoms with Gasteiger partial charge in [-0.25, -0.2) is 0 Å². The van der Waals surface area contributed by atoms with Crippen LogP contribution in [0.5, 0.6) is 0 Å². The first kappa shape index (κ1) is 14.3. The molecule has 1 aromatic carbocycles. The zero-order valence-corrected chi connectivity index (χ0v) is 10.5. The van der Waals surface area contributed by atoms with Crippen molar-refractivity contribution in [1.82, 2.24) is 5.32 Å². The van der Waals surface area contributed by atoms with Crippen LogP contribution in [-0.2, 0) is 0 Å². The van der Waals surface area contributed by atoms with Gasteiger partial charge < -0.3 is 10.4 Å². The summed E-state index contributed by atoms with van der Waals surface area (Å²) in [7, 11) is 0. The number of rotatable bonds is 7. The highest BCUT2D eigenvalue weighted by molar-refractivity contribution is 5.94. The lowest BCUT2D eigenvalue weighted by atomic mass is 10.1. The maximum atomic E-state index is 11.7. The fourth-order valence-electron chi connectivity index (χ4n) is 1.61. The number of carbonyl (C=O) groups is 1. The molecule has 0 saturated heterocycles. The van der Waals surface area contributed by atoms with Crippen molar-refractivity contribution in [1.29, 1.82) is 0 Å². The second-order valence-corrected chi connectivity index (χ2v) is 4.12. The molecule has 0 bridgehead atoms. The van der Waals surface area contributed by atoms with Crippen molar-refractivity contribution >= 4 is 5.91 Å². The highest BCUT2D eigenvalue weighted by Gasteiger charge is 2.03. The maximum Gasteiger partial charge on any atom is 0.251 e. The number of aliphatic hydroxyl groups is 1. The van der Waals surface area contributed by atoms with E-state index in [1.54, 1.807) is 24.3 Å². The molecule has 0 spiro atoms. The van der Waals surface area contributed by atoms with Gasteiger partial charge in [0.25, 0.3) is 5.91 Å². The molecule has 0 saturated carbocycles. The second kappa shape index (κ2) is 8.32. The minimum absolute atomic E-state index is 0.0688. The van der Waals surface area contributed by atoms with Crippen LogP contribution in [-0.4, -0.2) is 24.2 Å². The highest BCUT2D eigenvalue weighted by atomic mass is 16.2. The van der Waals surface area contributed by atoms with E-state index in [-0.39, 0.29) is 12.5 Å². The molecule has 3 heteroatoms. The zero-order chi connectivity index (χ0) is 13.2. The summed E-state index contributed by atoms with van der Waals surface area (Å²) in [6, 6.07) is 6.99. The normalized spacial score (nSPS) is 9.78. The van der Waals surface area contributed by atoms with Crippen LogP contribution >= 0.6 is 0 Å². The smallest absolute Gasteiger partial charge is 0.251 e. The average Bonchev–Trinajstić information content (AvgIpc) is 2.42. The summed E-state index contributed by atoms with van der Waals surface area (Å²) in [5.74, 6) is 2.44. The quantitative estimate of drug-likeness (QED) is 0.570. The summed E-state index contributed by atoms with van der Waals surface area (Å²) >= 11 is 0. The first-order valence-corrected chi connectivity index (χ1v) is 6.23. The molecule has 0 atom stereocenters. The molecule has 0 aliphatic carbocycles. The molecule has 0 aliphatic heterocycles. The van der Waals surface area contributed by atoms with E-state index in [9.17, 15) is 4.79 Å². The standard InChI is InChI=1S/C15H19NO2/c1-2-13-7-9-14(10-8-13)15(18)16-11-5-3-4-6-12-17/h1,7-10,17H,3-6,11-12H2,(H,16,18). The van der Waals surface area contributed by atoms with Gasteiger partial charge in [-0.05, 0) is 37.1 Å². The van der Waals surface area contributed by atoms with Gasteiger partial charge in [0.15, 0.2) is 0 Å². The molecule has 1 aromatic rings. The van der Waals surface area contributed by atoms with E-state index in [1.807, 2.05) is 0 Å². The van der Waals surface area contributed by atoms with Gasteiger partial charge >= 0.3 is 0 Å². The number of amides is 1. The number of terminal acetylenes is 1. The Morgan fingerprint density at radius 3 is 2.44 bits per heavy atom. The third-order valence-electron chi connectivity index (χ3n) is 2.68. The Bertz CT molecular complexity index is 403. The lowest BCUT2D eigenvalue weighted by Gasteiger charge is -2.05. The Morgan fingerprint density at radius 2 is 1.83 bits per heavy atom. The van der Waals surface area contributed by atoms with Gasteiger partial charge in [-0.2, -0.15) is 0 Å². The maximum absolute atomic E-state index is 11.7. The molecule has 0 radical (unpaired) electrons. The summed E-state index contributed by atoms with van der Waals surface area (Å²) in [5.41, 5.74) is 1.40. The third kappa shape index (κ3) is 5.03. The molecule has 0 aliphatic rings. The van der Waals surface area contributed by atoms with Crippen LogP contribution in [0.2, 0.25) is 0 Å². The molecule has 96 valence electrons. The minimum atomic E-state index is -0.0688. The van der Waals surface area contributed by atoms with Crippen molar-refractivity contribution in [3.8, 4) is 12.3 Å². The number of unbranched alkanes of at least 4 members (excludes halogenated alkanes) is 3. The number of benzene rings is 1. The van der Waals surface area contributed by atoms with E-state index in [4.69, 9.17) is 11.5 Å². The summed E-state index contributed by atoms with van der Waals surface area (Å²) < 4.78 is 0. The molecular formula is C15H19NO2. The van der Waals surface area contributed by atoms with Crippen LogP contribution in [0.25, 0.3) is 0 Å². The van der Waals surface area contributed by atoms with E-state index >= 15 is 0 Å². The Hall–Kier alpha value is -1.79. The molecule has 3 nitrogen and oxygen atoms in total. The minimum Gasteiger partial charge on any atom is -0.396 e. The molecule has 0 unspecified atom stereocenters. The fourth-order valence-corrected chi connectivity index (χ4v) is 1.61. The molecule has 0 heterocycles.